The molecular formula is C17H29N5O2. The third-order valence-electron chi connectivity index (χ3n) is 4.55. The quantitative estimate of drug-likeness (QED) is 0.216. The van der Waals surface area contributed by atoms with Gasteiger partial charge >= 0.3 is 6.03 Å². The highest BCUT2D eigenvalue weighted by molar-refractivity contribution is 6.06. The molecule has 0 aromatic rings. The summed E-state index contributed by atoms with van der Waals surface area (Å²) in [6.07, 6.45) is 7.62. The van der Waals surface area contributed by atoms with Crippen LogP contribution in [-0.4, -0.2) is 54.0 Å². The lowest BCUT2D eigenvalue weighted by Gasteiger charge is -2.19. The highest BCUT2D eigenvalue weighted by Crippen LogP contribution is 2.20. The summed E-state index contributed by atoms with van der Waals surface area (Å²) in [4.78, 5) is 30.1. The molecule has 1 aliphatic carbocycles. The van der Waals surface area contributed by atoms with E-state index in [9.17, 15) is 9.59 Å². The molecular weight excluding hydrogens is 306 g/mol. The van der Waals surface area contributed by atoms with Gasteiger partial charge in [0.1, 0.15) is 5.54 Å². The minimum absolute atomic E-state index is 0.138. The van der Waals surface area contributed by atoms with Crippen LogP contribution in [0.25, 0.3) is 0 Å². The highest BCUT2D eigenvalue weighted by Gasteiger charge is 2.45. The van der Waals surface area contributed by atoms with E-state index in [2.05, 4.69) is 33.1 Å². The van der Waals surface area contributed by atoms with Gasteiger partial charge < -0.3 is 16.0 Å². The van der Waals surface area contributed by atoms with Crippen molar-refractivity contribution in [1.29, 1.82) is 0 Å². The summed E-state index contributed by atoms with van der Waals surface area (Å²) >= 11 is 0. The SMILES string of the molecule is CCNC(=NCCCN1C(=O)NC(C)(CC)C1=O)NC1CC=CC1. The van der Waals surface area contributed by atoms with Crippen LogP contribution in [-0.2, 0) is 4.79 Å². The summed E-state index contributed by atoms with van der Waals surface area (Å²) in [6.45, 7) is 7.47. The molecule has 3 amide bonds. The number of imide groups is 1. The molecule has 0 bridgehead atoms. The highest BCUT2D eigenvalue weighted by atomic mass is 16.2. The third kappa shape index (κ3) is 4.27. The Morgan fingerprint density at radius 2 is 2.08 bits per heavy atom. The van der Waals surface area contributed by atoms with Crippen molar-refractivity contribution in [2.24, 2.45) is 4.99 Å². The molecule has 0 aromatic carbocycles. The molecule has 24 heavy (non-hydrogen) atoms. The number of urea groups is 1. The van der Waals surface area contributed by atoms with E-state index < -0.39 is 5.54 Å². The largest absolute Gasteiger partial charge is 0.357 e. The molecule has 0 radical (unpaired) electrons. The number of hydrogen-bond donors (Lipinski definition) is 3. The van der Waals surface area contributed by atoms with Gasteiger partial charge in [0.25, 0.3) is 5.91 Å². The van der Waals surface area contributed by atoms with Crippen LogP contribution in [0.2, 0.25) is 0 Å². The van der Waals surface area contributed by atoms with E-state index in [1.165, 1.54) is 4.90 Å². The van der Waals surface area contributed by atoms with Gasteiger partial charge in [0.05, 0.1) is 0 Å². The molecule has 1 fully saturated rings. The van der Waals surface area contributed by atoms with Gasteiger partial charge in [-0.15, -0.1) is 0 Å². The smallest absolute Gasteiger partial charge is 0.325 e. The number of amides is 3. The number of rotatable bonds is 7. The molecule has 3 N–H and O–H groups in total. The second-order valence-corrected chi connectivity index (χ2v) is 6.47. The predicted octanol–water partition coefficient (Wildman–Crippen LogP) is 1.37. The van der Waals surface area contributed by atoms with Crippen LogP contribution in [0.3, 0.4) is 0 Å². The first-order chi connectivity index (χ1) is 11.5. The molecule has 2 rings (SSSR count). The normalized spacial score (nSPS) is 24.6. The van der Waals surface area contributed by atoms with Gasteiger partial charge in [0.15, 0.2) is 5.96 Å². The summed E-state index contributed by atoms with van der Waals surface area (Å²) in [5.74, 6) is 0.655. The van der Waals surface area contributed by atoms with E-state index in [4.69, 9.17) is 0 Å². The average molecular weight is 335 g/mol. The van der Waals surface area contributed by atoms with Crippen molar-refractivity contribution in [3.8, 4) is 0 Å². The van der Waals surface area contributed by atoms with Crippen LogP contribution in [0, 0.1) is 0 Å². The summed E-state index contributed by atoms with van der Waals surface area (Å²) in [6, 6.07) is 0.106. The first-order valence-electron chi connectivity index (χ1n) is 8.84. The Bertz CT molecular complexity index is 523. The van der Waals surface area contributed by atoms with Gasteiger partial charge in [0, 0.05) is 25.7 Å². The molecule has 0 aromatic heterocycles. The van der Waals surface area contributed by atoms with E-state index in [0.29, 0.717) is 32.0 Å². The molecule has 2 aliphatic rings. The van der Waals surface area contributed by atoms with Crippen molar-refractivity contribution >= 4 is 17.9 Å². The number of hydrogen-bond acceptors (Lipinski definition) is 3. The molecule has 1 unspecified atom stereocenters. The van der Waals surface area contributed by atoms with Crippen LogP contribution in [0.1, 0.15) is 46.5 Å². The van der Waals surface area contributed by atoms with Gasteiger partial charge in [-0.25, -0.2) is 4.79 Å². The van der Waals surface area contributed by atoms with E-state index in [0.717, 1.165) is 25.3 Å². The van der Waals surface area contributed by atoms with Crippen LogP contribution in [0.5, 0.6) is 0 Å². The van der Waals surface area contributed by atoms with Crippen LogP contribution < -0.4 is 16.0 Å². The minimum Gasteiger partial charge on any atom is -0.357 e. The van der Waals surface area contributed by atoms with Gasteiger partial charge in [-0.3, -0.25) is 14.7 Å². The van der Waals surface area contributed by atoms with Crippen LogP contribution in [0.4, 0.5) is 4.79 Å². The van der Waals surface area contributed by atoms with Crippen molar-refractivity contribution in [3.05, 3.63) is 12.2 Å². The van der Waals surface area contributed by atoms with Gasteiger partial charge in [-0.2, -0.15) is 0 Å². The Morgan fingerprint density at radius 1 is 1.38 bits per heavy atom. The fourth-order valence-electron chi connectivity index (χ4n) is 2.86. The number of carbonyl (C=O) groups excluding carboxylic acids is 2. The molecule has 0 spiro atoms. The van der Waals surface area contributed by atoms with Gasteiger partial charge in [-0.05, 0) is 39.5 Å². The number of carbonyl (C=O) groups is 2. The monoisotopic (exact) mass is 335 g/mol. The molecule has 7 heteroatoms. The zero-order valence-corrected chi connectivity index (χ0v) is 14.9. The topological polar surface area (TPSA) is 85.8 Å². The van der Waals surface area contributed by atoms with E-state index in [1.807, 2.05) is 13.8 Å². The second-order valence-electron chi connectivity index (χ2n) is 6.47. The molecule has 1 saturated heterocycles. The van der Waals surface area contributed by atoms with E-state index >= 15 is 0 Å². The molecule has 1 heterocycles. The molecule has 0 saturated carbocycles. The minimum atomic E-state index is -0.758. The molecule has 1 aliphatic heterocycles. The first-order valence-corrected chi connectivity index (χ1v) is 8.84. The maximum absolute atomic E-state index is 12.3. The lowest BCUT2D eigenvalue weighted by molar-refractivity contribution is -0.130. The Balaban J connectivity index is 1.81. The maximum atomic E-state index is 12.3. The van der Waals surface area contributed by atoms with Crippen molar-refractivity contribution in [2.75, 3.05) is 19.6 Å². The Kier molecular flexibility index (Phi) is 6.23. The van der Waals surface area contributed by atoms with Gasteiger partial charge in [-0.1, -0.05) is 19.1 Å². The lowest BCUT2D eigenvalue weighted by Crippen LogP contribution is -2.43. The fraction of sp³-hybridized carbons (Fsp3) is 0.706. The summed E-state index contributed by atoms with van der Waals surface area (Å²) in [7, 11) is 0. The Hall–Kier alpha value is -2.05. The zero-order valence-electron chi connectivity index (χ0n) is 14.9. The number of nitrogens with one attached hydrogen (secondary N) is 3. The second kappa shape index (κ2) is 8.17. The summed E-state index contributed by atoms with van der Waals surface area (Å²) < 4.78 is 0. The molecule has 134 valence electrons. The van der Waals surface area contributed by atoms with E-state index in [-0.39, 0.29) is 11.9 Å². The van der Waals surface area contributed by atoms with Crippen LogP contribution in [0.15, 0.2) is 17.1 Å². The number of aliphatic imine (C=N–C) groups is 1. The number of guanidine groups is 1. The van der Waals surface area contributed by atoms with E-state index in [1.54, 1.807) is 6.92 Å². The summed E-state index contributed by atoms with van der Waals surface area (Å²) in [5, 5.41) is 9.40. The lowest BCUT2D eigenvalue weighted by atomic mass is 9.99. The van der Waals surface area contributed by atoms with Crippen molar-refractivity contribution < 1.29 is 9.59 Å². The standard InChI is InChI=1S/C17H29N5O2/c1-4-17(3)14(23)22(16(24)21-17)12-8-11-19-15(18-5-2)20-13-9-6-7-10-13/h6-7,13H,4-5,8-12H2,1-3H3,(H,21,24)(H2,18,19,20). The number of nitrogens with zero attached hydrogens (tertiary/aromatic N) is 2. The third-order valence-corrected chi connectivity index (χ3v) is 4.55. The van der Waals surface area contributed by atoms with Crippen LogP contribution >= 0.6 is 0 Å². The molecule has 7 nitrogen and oxygen atoms in total. The zero-order chi connectivity index (χ0) is 17.6. The van der Waals surface area contributed by atoms with Crippen molar-refractivity contribution in [2.45, 2.75) is 58.0 Å². The van der Waals surface area contributed by atoms with Crippen molar-refractivity contribution in [3.63, 3.8) is 0 Å². The average Bonchev–Trinajstić information content (AvgIpc) is 3.13. The first kappa shape index (κ1) is 18.3. The predicted molar refractivity (Wildman–Crippen MR) is 94.8 cm³/mol. The summed E-state index contributed by atoms with van der Waals surface area (Å²) in [5.41, 5.74) is -0.758. The Labute approximate surface area is 144 Å². The fourth-order valence-corrected chi connectivity index (χ4v) is 2.86. The Morgan fingerprint density at radius 3 is 2.67 bits per heavy atom. The molecule has 1 atom stereocenters. The maximum Gasteiger partial charge on any atom is 0.325 e. The van der Waals surface area contributed by atoms with Gasteiger partial charge in [0.2, 0.25) is 0 Å². The van der Waals surface area contributed by atoms with Crippen molar-refractivity contribution in [1.82, 2.24) is 20.9 Å².